The van der Waals surface area contributed by atoms with E-state index < -0.39 is 0 Å². The number of anilines is 1. The summed E-state index contributed by atoms with van der Waals surface area (Å²) in [7, 11) is 0. The number of thioether (sulfide) groups is 1. The van der Waals surface area contributed by atoms with Gasteiger partial charge in [0.05, 0.1) is 4.88 Å². The first-order valence-electron chi connectivity index (χ1n) is 7.05. The molecule has 1 N–H and O–H groups in total. The third-order valence-corrected chi connectivity index (χ3v) is 4.72. The van der Waals surface area contributed by atoms with Crippen molar-refractivity contribution in [2.24, 2.45) is 0 Å². The highest BCUT2D eigenvalue weighted by atomic mass is 32.2. The number of hydrogen-bond acceptors (Lipinski definition) is 6. The molecule has 0 saturated carbocycles. The molecular formula is C16H15N3O2S2. The predicted octanol–water partition coefficient (Wildman–Crippen LogP) is 4.09. The number of carbonyl (C=O) groups excluding carboxylic acids is 1. The average Bonchev–Trinajstić information content (AvgIpc) is 3.24. The Kier molecular flexibility index (Phi) is 5.09. The van der Waals surface area contributed by atoms with Crippen LogP contribution in [-0.4, -0.2) is 22.3 Å². The van der Waals surface area contributed by atoms with E-state index in [4.69, 9.17) is 4.52 Å². The summed E-state index contributed by atoms with van der Waals surface area (Å²) in [5.41, 5.74) is 0.798. The van der Waals surface area contributed by atoms with Crippen LogP contribution in [0, 0.1) is 0 Å². The van der Waals surface area contributed by atoms with Crippen LogP contribution in [0.1, 0.15) is 12.3 Å². The number of nitrogens with one attached hydrogen (secondary N) is 1. The highest BCUT2D eigenvalue weighted by Gasteiger charge is 2.11. The van der Waals surface area contributed by atoms with Gasteiger partial charge < -0.3 is 9.84 Å². The van der Waals surface area contributed by atoms with Crippen molar-refractivity contribution in [2.45, 2.75) is 17.7 Å². The second-order valence-electron chi connectivity index (χ2n) is 4.77. The lowest BCUT2D eigenvalue weighted by molar-refractivity contribution is -0.116. The molecule has 118 valence electrons. The Balaban J connectivity index is 1.54. The molecule has 0 aliphatic heterocycles. The van der Waals surface area contributed by atoms with Gasteiger partial charge in [-0.2, -0.15) is 4.98 Å². The van der Waals surface area contributed by atoms with E-state index in [1.54, 1.807) is 23.1 Å². The lowest BCUT2D eigenvalue weighted by atomic mass is 10.2. The molecular weight excluding hydrogens is 330 g/mol. The molecule has 1 amide bonds. The monoisotopic (exact) mass is 345 g/mol. The van der Waals surface area contributed by atoms with Gasteiger partial charge in [0.2, 0.25) is 17.6 Å². The largest absolute Gasteiger partial charge is 0.339 e. The molecule has 0 unspecified atom stereocenters. The van der Waals surface area contributed by atoms with E-state index in [9.17, 15) is 4.79 Å². The topological polar surface area (TPSA) is 68.0 Å². The molecule has 0 aliphatic carbocycles. The standard InChI is InChI=1S/C16H15N3O2S2/c1-22-12-5-2-4-11(10-12)17-14(20)7-8-15-18-16(19-21-15)13-6-3-9-23-13/h2-6,9-10H,7-8H2,1H3,(H,17,20). The molecule has 5 nitrogen and oxygen atoms in total. The molecule has 0 spiro atoms. The van der Waals surface area contributed by atoms with Crippen LogP contribution in [0.3, 0.4) is 0 Å². The second kappa shape index (κ2) is 7.43. The first-order chi connectivity index (χ1) is 11.2. The Bertz CT molecular complexity index is 784. The van der Waals surface area contributed by atoms with E-state index in [0.717, 1.165) is 15.5 Å². The summed E-state index contributed by atoms with van der Waals surface area (Å²) in [6, 6.07) is 11.6. The van der Waals surface area contributed by atoms with E-state index in [0.29, 0.717) is 24.6 Å². The van der Waals surface area contributed by atoms with Gasteiger partial charge in [0, 0.05) is 23.4 Å². The number of rotatable bonds is 6. The van der Waals surface area contributed by atoms with Gasteiger partial charge in [-0.25, -0.2) is 0 Å². The molecule has 1 aromatic carbocycles. The molecule has 0 fully saturated rings. The van der Waals surface area contributed by atoms with Gasteiger partial charge in [-0.3, -0.25) is 4.79 Å². The van der Waals surface area contributed by atoms with Crippen molar-refractivity contribution in [1.29, 1.82) is 0 Å². The summed E-state index contributed by atoms with van der Waals surface area (Å²) in [6.45, 7) is 0. The fraction of sp³-hybridized carbons (Fsp3) is 0.188. The Morgan fingerprint density at radius 3 is 3.04 bits per heavy atom. The summed E-state index contributed by atoms with van der Waals surface area (Å²) in [5, 5.41) is 8.77. The molecule has 0 radical (unpaired) electrons. The van der Waals surface area contributed by atoms with Crippen LogP contribution < -0.4 is 5.32 Å². The Hall–Kier alpha value is -2.12. The number of thiophene rings is 1. The first-order valence-corrected chi connectivity index (χ1v) is 9.15. The van der Waals surface area contributed by atoms with Crippen molar-refractivity contribution in [1.82, 2.24) is 10.1 Å². The van der Waals surface area contributed by atoms with Crippen LogP contribution in [0.2, 0.25) is 0 Å². The highest BCUT2D eigenvalue weighted by molar-refractivity contribution is 7.98. The number of aryl methyl sites for hydroxylation is 1. The van der Waals surface area contributed by atoms with Crippen LogP contribution in [0.25, 0.3) is 10.7 Å². The van der Waals surface area contributed by atoms with E-state index in [2.05, 4.69) is 15.5 Å². The van der Waals surface area contributed by atoms with Gasteiger partial charge in [-0.1, -0.05) is 17.3 Å². The molecule has 7 heteroatoms. The maximum absolute atomic E-state index is 12.0. The number of nitrogens with zero attached hydrogens (tertiary/aromatic N) is 2. The van der Waals surface area contributed by atoms with Crippen LogP contribution >= 0.6 is 23.1 Å². The van der Waals surface area contributed by atoms with Crippen LogP contribution in [0.15, 0.2) is 51.2 Å². The summed E-state index contributed by atoms with van der Waals surface area (Å²) >= 11 is 3.19. The third kappa shape index (κ3) is 4.20. The van der Waals surface area contributed by atoms with E-state index in [1.165, 1.54) is 0 Å². The molecule has 0 saturated heterocycles. The highest BCUT2D eigenvalue weighted by Crippen LogP contribution is 2.22. The predicted molar refractivity (Wildman–Crippen MR) is 92.8 cm³/mol. The number of benzene rings is 1. The summed E-state index contributed by atoms with van der Waals surface area (Å²) in [5.74, 6) is 0.976. The molecule has 0 bridgehead atoms. The lowest BCUT2D eigenvalue weighted by Crippen LogP contribution is -2.12. The van der Waals surface area contributed by atoms with Crippen molar-refractivity contribution >= 4 is 34.7 Å². The van der Waals surface area contributed by atoms with E-state index in [1.807, 2.05) is 48.0 Å². The fourth-order valence-corrected chi connectivity index (χ4v) is 3.12. The van der Waals surface area contributed by atoms with Crippen LogP contribution in [0.4, 0.5) is 5.69 Å². The fourth-order valence-electron chi connectivity index (χ4n) is 2.01. The lowest BCUT2D eigenvalue weighted by Gasteiger charge is -2.05. The summed E-state index contributed by atoms with van der Waals surface area (Å²) in [4.78, 5) is 18.4. The van der Waals surface area contributed by atoms with Gasteiger partial charge in [0.1, 0.15) is 0 Å². The molecule has 0 aliphatic rings. The van der Waals surface area contributed by atoms with Crippen LogP contribution in [0.5, 0.6) is 0 Å². The molecule has 0 atom stereocenters. The van der Waals surface area contributed by atoms with Gasteiger partial charge in [0.15, 0.2) is 0 Å². The van der Waals surface area contributed by atoms with Crippen molar-refractivity contribution in [3.8, 4) is 10.7 Å². The average molecular weight is 345 g/mol. The molecule has 3 aromatic rings. The van der Waals surface area contributed by atoms with E-state index >= 15 is 0 Å². The third-order valence-electron chi connectivity index (χ3n) is 3.13. The minimum absolute atomic E-state index is 0.0703. The number of amides is 1. The minimum atomic E-state index is -0.0703. The second-order valence-corrected chi connectivity index (χ2v) is 6.60. The van der Waals surface area contributed by atoms with Crippen molar-refractivity contribution < 1.29 is 9.32 Å². The smallest absolute Gasteiger partial charge is 0.227 e. The zero-order valence-electron chi connectivity index (χ0n) is 12.5. The summed E-state index contributed by atoms with van der Waals surface area (Å²) < 4.78 is 5.19. The summed E-state index contributed by atoms with van der Waals surface area (Å²) in [6.07, 6.45) is 2.73. The maximum atomic E-state index is 12.0. The van der Waals surface area contributed by atoms with Gasteiger partial charge in [0.25, 0.3) is 0 Å². The number of aromatic nitrogens is 2. The van der Waals surface area contributed by atoms with Gasteiger partial charge in [-0.05, 0) is 35.9 Å². The Morgan fingerprint density at radius 1 is 1.35 bits per heavy atom. The zero-order chi connectivity index (χ0) is 16.1. The first kappa shape index (κ1) is 15.8. The normalized spacial score (nSPS) is 10.7. The van der Waals surface area contributed by atoms with Gasteiger partial charge in [-0.15, -0.1) is 23.1 Å². The Morgan fingerprint density at radius 2 is 2.26 bits per heavy atom. The quantitative estimate of drug-likeness (QED) is 0.682. The zero-order valence-corrected chi connectivity index (χ0v) is 14.1. The van der Waals surface area contributed by atoms with Crippen molar-refractivity contribution in [2.75, 3.05) is 11.6 Å². The minimum Gasteiger partial charge on any atom is -0.339 e. The van der Waals surface area contributed by atoms with Gasteiger partial charge >= 0.3 is 0 Å². The van der Waals surface area contributed by atoms with Crippen LogP contribution in [-0.2, 0) is 11.2 Å². The number of carbonyl (C=O) groups is 1. The van der Waals surface area contributed by atoms with E-state index in [-0.39, 0.29) is 5.91 Å². The SMILES string of the molecule is CSc1cccc(NC(=O)CCc2nc(-c3cccs3)no2)c1. The van der Waals surface area contributed by atoms with Crippen molar-refractivity contribution in [3.05, 3.63) is 47.7 Å². The Labute approximate surface area is 142 Å². The maximum Gasteiger partial charge on any atom is 0.227 e. The molecule has 3 rings (SSSR count). The molecule has 2 aromatic heterocycles. The molecule has 23 heavy (non-hydrogen) atoms. The van der Waals surface area contributed by atoms with Crippen molar-refractivity contribution in [3.63, 3.8) is 0 Å². The molecule has 2 heterocycles. The number of hydrogen-bond donors (Lipinski definition) is 1.